The van der Waals surface area contributed by atoms with Crippen molar-refractivity contribution in [2.75, 3.05) is 13.1 Å². The van der Waals surface area contributed by atoms with Gasteiger partial charge in [0, 0.05) is 23.5 Å². The van der Waals surface area contributed by atoms with Gasteiger partial charge < -0.3 is 15.1 Å². The Kier molecular flexibility index (Phi) is 4.68. The Labute approximate surface area is 124 Å². The molecule has 1 aliphatic rings. The van der Waals surface area contributed by atoms with Crippen LogP contribution in [0, 0.1) is 6.92 Å². The molecule has 1 atom stereocenters. The summed E-state index contributed by atoms with van der Waals surface area (Å²) in [4.78, 5) is 12.2. The molecule has 1 aromatic carbocycles. The van der Waals surface area contributed by atoms with E-state index in [1.807, 2.05) is 31.2 Å². The molecule has 108 valence electrons. The molecule has 3 rings (SSSR count). The molecule has 0 aliphatic carbocycles. The lowest BCUT2D eigenvalue weighted by Gasteiger charge is -2.10. The smallest absolute Gasteiger partial charge is 0.287 e. The molecule has 1 amide bonds. The first kappa shape index (κ1) is 14.9. The molecule has 2 N–H and O–H groups in total. The van der Waals surface area contributed by atoms with Crippen LogP contribution in [-0.2, 0) is 0 Å². The zero-order valence-corrected chi connectivity index (χ0v) is 12.3. The Morgan fingerprint density at radius 1 is 1.45 bits per heavy atom. The van der Waals surface area contributed by atoms with Crippen molar-refractivity contribution < 1.29 is 9.21 Å². The molecule has 0 spiro atoms. The Balaban J connectivity index is 0.00000147. The van der Waals surface area contributed by atoms with Crippen LogP contribution in [0.15, 0.2) is 28.7 Å². The number of rotatable bonds is 3. The van der Waals surface area contributed by atoms with Gasteiger partial charge in [-0.3, -0.25) is 4.79 Å². The number of aryl methyl sites for hydroxylation is 1. The fraction of sp³-hybridized carbons (Fsp3) is 0.400. The fourth-order valence-electron chi connectivity index (χ4n) is 2.62. The molecule has 1 unspecified atom stereocenters. The number of hydrogen-bond donors (Lipinski definition) is 2. The summed E-state index contributed by atoms with van der Waals surface area (Å²) in [6.45, 7) is 3.63. The third-order valence-corrected chi connectivity index (χ3v) is 3.72. The first-order valence-electron chi connectivity index (χ1n) is 6.75. The first-order chi connectivity index (χ1) is 9.25. The van der Waals surface area contributed by atoms with E-state index in [2.05, 4.69) is 10.6 Å². The highest BCUT2D eigenvalue weighted by atomic mass is 35.5. The highest BCUT2D eigenvalue weighted by Crippen LogP contribution is 2.24. The van der Waals surface area contributed by atoms with Crippen molar-refractivity contribution in [3.05, 3.63) is 35.6 Å². The Morgan fingerprint density at radius 2 is 2.25 bits per heavy atom. The van der Waals surface area contributed by atoms with Crippen LogP contribution in [0.1, 0.15) is 29.0 Å². The number of amides is 1. The van der Waals surface area contributed by atoms with E-state index in [0.717, 1.165) is 29.5 Å². The zero-order chi connectivity index (χ0) is 13.2. The number of nitrogens with one attached hydrogen (secondary N) is 2. The normalized spacial score (nSPS) is 17.9. The summed E-state index contributed by atoms with van der Waals surface area (Å²) in [5, 5.41) is 7.31. The number of hydrogen-bond acceptors (Lipinski definition) is 3. The summed E-state index contributed by atoms with van der Waals surface area (Å²) in [7, 11) is 0. The monoisotopic (exact) mass is 294 g/mol. The maximum atomic E-state index is 12.2. The Bertz CT molecular complexity index is 603. The van der Waals surface area contributed by atoms with Gasteiger partial charge in [-0.15, -0.1) is 12.4 Å². The maximum absolute atomic E-state index is 12.2. The third kappa shape index (κ3) is 2.81. The van der Waals surface area contributed by atoms with Gasteiger partial charge in [0.1, 0.15) is 5.58 Å². The zero-order valence-electron chi connectivity index (χ0n) is 11.4. The van der Waals surface area contributed by atoms with Gasteiger partial charge in [-0.05, 0) is 32.4 Å². The van der Waals surface area contributed by atoms with E-state index in [1.165, 1.54) is 6.42 Å². The molecule has 0 saturated carbocycles. The molecular weight excluding hydrogens is 276 g/mol. The van der Waals surface area contributed by atoms with E-state index < -0.39 is 0 Å². The summed E-state index contributed by atoms with van der Waals surface area (Å²) in [6.07, 6.45) is 2.31. The van der Waals surface area contributed by atoms with Crippen LogP contribution in [0.3, 0.4) is 0 Å². The van der Waals surface area contributed by atoms with Crippen molar-refractivity contribution in [2.24, 2.45) is 0 Å². The van der Waals surface area contributed by atoms with Crippen LogP contribution in [0.5, 0.6) is 0 Å². The molecule has 0 bridgehead atoms. The van der Waals surface area contributed by atoms with Crippen LogP contribution < -0.4 is 10.6 Å². The highest BCUT2D eigenvalue weighted by Gasteiger charge is 2.19. The number of carbonyl (C=O) groups excluding carboxylic acids is 1. The number of halogens is 1. The summed E-state index contributed by atoms with van der Waals surface area (Å²) in [5.41, 5.74) is 1.68. The van der Waals surface area contributed by atoms with Gasteiger partial charge in [0.15, 0.2) is 5.76 Å². The van der Waals surface area contributed by atoms with E-state index in [-0.39, 0.29) is 18.3 Å². The Hall–Kier alpha value is -1.52. The molecule has 2 heterocycles. The molecular formula is C15H19ClN2O2. The molecule has 4 nitrogen and oxygen atoms in total. The first-order valence-corrected chi connectivity index (χ1v) is 6.75. The van der Waals surface area contributed by atoms with E-state index in [1.54, 1.807) is 0 Å². The van der Waals surface area contributed by atoms with Crippen LogP contribution in [-0.4, -0.2) is 25.0 Å². The topological polar surface area (TPSA) is 54.3 Å². The number of para-hydroxylation sites is 1. The lowest BCUT2D eigenvalue weighted by molar-refractivity contribution is 0.0924. The van der Waals surface area contributed by atoms with E-state index in [9.17, 15) is 4.79 Å². The minimum absolute atomic E-state index is 0. The number of fused-ring (bicyclic) bond motifs is 1. The van der Waals surface area contributed by atoms with E-state index in [0.29, 0.717) is 18.3 Å². The van der Waals surface area contributed by atoms with Crippen LogP contribution >= 0.6 is 12.4 Å². The molecule has 5 heteroatoms. The van der Waals surface area contributed by atoms with Gasteiger partial charge in [0.2, 0.25) is 0 Å². The van der Waals surface area contributed by atoms with Crippen molar-refractivity contribution in [1.29, 1.82) is 0 Å². The summed E-state index contributed by atoms with van der Waals surface area (Å²) in [5.74, 6) is 0.307. The summed E-state index contributed by atoms with van der Waals surface area (Å²) >= 11 is 0. The molecule has 20 heavy (non-hydrogen) atoms. The van der Waals surface area contributed by atoms with Gasteiger partial charge >= 0.3 is 0 Å². The fourth-order valence-corrected chi connectivity index (χ4v) is 2.62. The third-order valence-electron chi connectivity index (χ3n) is 3.72. The SMILES string of the molecule is Cc1c(C(=O)NCC2CCCN2)oc2ccccc12.Cl. The molecule has 1 fully saturated rings. The maximum Gasteiger partial charge on any atom is 0.287 e. The number of furan rings is 1. The summed E-state index contributed by atoms with van der Waals surface area (Å²) < 4.78 is 5.64. The average Bonchev–Trinajstić information content (AvgIpc) is 3.05. The van der Waals surface area contributed by atoms with Gasteiger partial charge in [-0.2, -0.15) is 0 Å². The second-order valence-electron chi connectivity index (χ2n) is 5.06. The van der Waals surface area contributed by atoms with E-state index in [4.69, 9.17) is 4.42 Å². The van der Waals surface area contributed by atoms with Crippen LogP contribution in [0.4, 0.5) is 0 Å². The standard InChI is InChI=1S/C15H18N2O2.ClH/c1-10-12-6-2-3-7-13(12)19-14(10)15(18)17-9-11-5-4-8-16-11;/h2-3,6-7,11,16H,4-5,8-9H2,1H3,(H,17,18);1H. The van der Waals surface area contributed by atoms with Gasteiger partial charge in [0.25, 0.3) is 5.91 Å². The minimum Gasteiger partial charge on any atom is -0.451 e. The number of carbonyl (C=O) groups is 1. The molecule has 2 aromatic rings. The van der Waals surface area contributed by atoms with Crippen molar-refractivity contribution in [1.82, 2.24) is 10.6 Å². The molecule has 1 saturated heterocycles. The van der Waals surface area contributed by atoms with E-state index >= 15 is 0 Å². The van der Waals surface area contributed by atoms with Gasteiger partial charge in [-0.1, -0.05) is 18.2 Å². The lowest BCUT2D eigenvalue weighted by atomic mass is 10.1. The van der Waals surface area contributed by atoms with Crippen LogP contribution in [0.2, 0.25) is 0 Å². The average molecular weight is 295 g/mol. The Morgan fingerprint density at radius 3 is 2.95 bits per heavy atom. The predicted octanol–water partition coefficient (Wildman–Crippen LogP) is 2.64. The van der Waals surface area contributed by atoms with Crippen LogP contribution in [0.25, 0.3) is 11.0 Å². The molecule has 1 aromatic heterocycles. The second-order valence-corrected chi connectivity index (χ2v) is 5.06. The molecule has 1 aliphatic heterocycles. The van der Waals surface area contributed by atoms with Crippen molar-refractivity contribution in [3.8, 4) is 0 Å². The minimum atomic E-state index is -0.123. The lowest BCUT2D eigenvalue weighted by Crippen LogP contribution is -2.37. The predicted molar refractivity (Wildman–Crippen MR) is 81.6 cm³/mol. The summed E-state index contributed by atoms with van der Waals surface area (Å²) in [6, 6.07) is 8.12. The quantitative estimate of drug-likeness (QED) is 0.915. The number of benzene rings is 1. The van der Waals surface area contributed by atoms with Crippen molar-refractivity contribution in [2.45, 2.75) is 25.8 Å². The largest absolute Gasteiger partial charge is 0.451 e. The van der Waals surface area contributed by atoms with Gasteiger partial charge in [0.05, 0.1) is 0 Å². The van der Waals surface area contributed by atoms with Crippen molar-refractivity contribution in [3.63, 3.8) is 0 Å². The van der Waals surface area contributed by atoms with Crippen molar-refractivity contribution >= 4 is 29.3 Å². The molecule has 0 radical (unpaired) electrons. The second kappa shape index (κ2) is 6.29. The highest BCUT2D eigenvalue weighted by molar-refractivity contribution is 5.98. The van der Waals surface area contributed by atoms with Gasteiger partial charge in [-0.25, -0.2) is 0 Å².